The fourth-order valence-corrected chi connectivity index (χ4v) is 2.32. The lowest BCUT2D eigenvalue weighted by Crippen LogP contribution is -2.03. The van der Waals surface area contributed by atoms with E-state index >= 15 is 0 Å². The first-order valence-corrected chi connectivity index (χ1v) is 8.89. The molecule has 2 heteroatoms. The minimum absolute atomic E-state index is 0.544. The van der Waals surface area contributed by atoms with E-state index in [-0.39, 0.29) is 0 Å². The van der Waals surface area contributed by atoms with E-state index in [1.807, 2.05) is 20.9 Å². The van der Waals surface area contributed by atoms with Gasteiger partial charge < -0.3 is 10.6 Å². The maximum absolute atomic E-state index is 3.46. The molecule has 0 aliphatic heterocycles. The molecule has 2 aromatic rings. The molecule has 0 heterocycles. The van der Waals surface area contributed by atoms with Crippen molar-refractivity contribution in [3.63, 3.8) is 0 Å². The van der Waals surface area contributed by atoms with Crippen molar-refractivity contribution in [3.8, 4) is 0 Å². The zero-order valence-electron chi connectivity index (χ0n) is 16.0. The van der Waals surface area contributed by atoms with Gasteiger partial charge in [0, 0.05) is 13.6 Å². The van der Waals surface area contributed by atoms with Crippen LogP contribution in [0.5, 0.6) is 0 Å². The van der Waals surface area contributed by atoms with E-state index in [9.17, 15) is 0 Å². The van der Waals surface area contributed by atoms with Gasteiger partial charge in [0.05, 0.1) is 11.4 Å². The van der Waals surface area contributed by atoms with Crippen molar-refractivity contribution in [2.75, 3.05) is 24.2 Å². The van der Waals surface area contributed by atoms with Gasteiger partial charge in [-0.05, 0) is 36.1 Å². The highest BCUT2D eigenvalue weighted by Crippen LogP contribution is 2.26. The molecular formula is C22H32N2. The van der Waals surface area contributed by atoms with E-state index in [1.54, 1.807) is 0 Å². The highest BCUT2D eigenvalue weighted by molar-refractivity contribution is 5.70. The molecule has 130 valence electrons. The quantitative estimate of drug-likeness (QED) is 0.650. The minimum Gasteiger partial charge on any atom is -0.386 e. The average molecular weight is 325 g/mol. The van der Waals surface area contributed by atoms with Gasteiger partial charge in [0.25, 0.3) is 0 Å². The molecule has 2 rings (SSSR count). The van der Waals surface area contributed by atoms with Crippen LogP contribution in [0.15, 0.2) is 48.5 Å². The van der Waals surface area contributed by atoms with E-state index in [0.717, 1.165) is 17.9 Å². The zero-order valence-corrected chi connectivity index (χ0v) is 16.0. The van der Waals surface area contributed by atoms with Gasteiger partial charge >= 0.3 is 0 Å². The normalized spacial score (nSPS) is 10.5. The Labute approximate surface area is 148 Å². The van der Waals surface area contributed by atoms with E-state index in [2.05, 4.69) is 86.0 Å². The first-order valence-electron chi connectivity index (χ1n) is 8.89. The molecule has 0 aliphatic carbocycles. The summed E-state index contributed by atoms with van der Waals surface area (Å²) in [4.78, 5) is 0. The number of hydrogen-bond donors (Lipinski definition) is 2. The highest BCUT2D eigenvalue weighted by atomic mass is 14.9. The molecule has 24 heavy (non-hydrogen) atoms. The van der Waals surface area contributed by atoms with E-state index in [1.165, 1.54) is 16.7 Å². The van der Waals surface area contributed by atoms with Gasteiger partial charge in [0.2, 0.25) is 0 Å². The van der Waals surface area contributed by atoms with Crippen molar-refractivity contribution in [2.45, 2.75) is 40.5 Å². The van der Waals surface area contributed by atoms with Crippen LogP contribution in [0.3, 0.4) is 0 Å². The third-order valence-electron chi connectivity index (χ3n) is 3.78. The molecule has 2 N–H and O–H groups in total. The van der Waals surface area contributed by atoms with Gasteiger partial charge in [0.15, 0.2) is 0 Å². The Hall–Kier alpha value is -2.22. The summed E-state index contributed by atoms with van der Waals surface area (Å²) >= 11 is 0. The van der Waals surface area contributed by atoms with Crippen LogP contribution in [0.2, 0.25) is 0 Å². The number of nitrogens with one attached hydrogen (secondary N) is 2. The zero-order chi connectivity index (χ0) is 17.9. The second-order valence-electron chi connectivity index (χ2n) is 5.90. The van der Waals surface area contributed by atoms with Crippen LogP contribution in [0.1, 0.15) is 50.3 Å². The summed E-state index contributed by atoms with van der Waals surface area (Å²) in [5.41, 5.74) is 6.16. The van der Waals surface area contributed by atoms with Crippen LogP contribution in [0.25, 0.3) is 6.08 Å². The maximum Gasteiger partial charge on any atom is 0.0578 e. The van der Waals surface area contributed by atoms with E-state index in [4.69, 9.17) is 0 Å². The van der Waals surface area contributed by atoms with Gasteiger partial charge in [-0.25, -0.2) is 0 Å². The molecule has 0 aliphatic rings. The number of anilines is 2. The van der Waals surface area contributed by atoms with Crippen molar-refractivity contribution in [2.24, 2.45) is 0 Å². The van der Waals surface area contributed by atoms with Crippen LogP contribution >= 0.6 is 0 Å². The summed E-state index contributed by atoms with van der Waals surface area (Å²) in [7, 11) is 1.97. The Kier molecular flexibility index (Phi) is 8.70. The Morgan fingerprint density at radius 3 is 2.21 bits per heavy atom. The summed E-state index contributed by atoms with van der Waals surface area (Å²) in [6.07, 6.45) is 4.30. The monoisotopic (exact) mass is 324 g/mol. The van der Waals surface area contributed by atoms with Crippen LogP contribution in [0.4, 0.5) is 11.4 Å². The lowest BCUT2D eigenvalue weighted by Gasteiger charge is -2.14. The Morgan fingerprint density at radius 1 is 0.958 bits per heavy atom. The molecule has 0 unspecified atom stereocenters. The van der Waals surface area contributed by atoms with Crippen molar-refractivity contribution in [3.05, 3.63) is 65.2 Å². The molecule has 0 saturated heterocycles. The number of benzene rings is 2. The van der Waals surface area contributed by atoms with Crippen molar-refractivity contribution in [1.29, 1.82) is 0 Å². The lowest BCUT2D eigenvalue weighted by atomic mass is 10.0. The predicted molar refractivity (Wildman–Crippen MR) is 110 cm³/mol. The third-order valence-corrected chi connectivity index (χ3v) is 3.78. The molecule has 0 saturated carbocycles. The van der Waals surface area contributed by atoms with Crippen molar-refractivity contribution < 1.29 is 0 Å². The minimum atomic E-state index is 0.544. The Morgan fingerprint density at radius 2 is 1.62 bits per heavy atom. The molecule has 0 fully saturated rings. The van der Waals surface area contributed by atoms with Crippen LogP contribution in [0, 0.1) is 6.92 Å². The predicted octanol–water partition coefficient (Wildman–Crippen LogP) is 6.31. The van der Waals surface area contributed by atoms with Gasteiger partial charge in [-0.2, -0.15) is 0 Å². The smallest absolute Gasteiger partial charge is 0.0578 e. The number of aryl methyl sites for hydroxylation is 1. The summed E-state index contributed by atoms with van der Waals surface area (Å²) in [5, 5.41) is 6.73. The fourth-order valence-electron chi connectivity index (χ4n) is 2.32. The molecule has 0 atom stereocenters. The first kappa shape index (κ1) is 19.8. The summed E-state index contributed by atoms with van der Waals surface area (Å²) in [6.45, 7) is 11.3. The van der Waals surface area contributed by atoms with Gasteiger partial charge in [0.1, 0.15) is 0 Å². The van der Waals surface area contributed by atoms with E-state index < -0.39 is 0 Å². The van der Waals surface area contributed by atoms with Crippen LogP contribution < -0.4 is 10.6 Å². The second-order valence-corrected chi connectivity index (χ2v) is 5.90. The van der Waals surface area contributed by atoms with Crippen molar-refractivity contribution in [1.82, 2.24) is 0 Å². The lowest BCUT2D eigenvalue weighted by molar-refractivity contribution is 0.867. The molecule has 0 amide bonds. The Balaban J connectivity index is 0.00000139. The van der Waals surface area contributed by atoms with Gasteiger partial charge in [-0.1, -0.05) is 75.7 Å². The van der Waals surface area contributed by atoms with Gasteiger partial charge in [-0.3, -0.25) is 0 Å². The SMILES string of the molecule is CC.CNc1cc(C(C)C)ccc1NC/C=C\c1ccc(C)cc1. The fraction of sp³-hybridized carbons (Fsp3) is 0.364. The van der Waals surface area contributed by atoms with Crippen molar-refractivity contribution >= 4 is 17.5 Å². The second kappa shape index (κ2) is 10.5. The van der Waals surface area contributed by atoms with Crippen LogP contribution in [-0.4, -0.2) is 13.6 Å². The highest BCUT2D eigenvalue weighted by Gasteiger charge is 2.04. The number of rotatable bonds is 6. The summed E-state index contributed by atoms with van der Waals surface area (Å²) in [6, 6.07) is 15.1. The molecule has 2 nitrogen and oxygen atoms in total. The summed E-state index contributed by atoms with van der Waals surface area (Å²) in [5.74, 6) is 0.544. The standard InChI is InChI=1S/C20H26N2.C2H6/c1-15(2)18-11-12-19(20(14-18)21-4)22-13-5-6-17-9-7-16(3)8-10-17;1-2/h5-12,14-15,21-22H,13H2,1-4H3;1-2H3/b6-5-;. The summed E-state index contributed by atoms with van der Waals surface area (Å²) < 4.78 is 0. The molecular weight excluding hydrogens is 292 g/mol. The van der Waals surface area contributed by atoms with Gasteiger partial charge in [-0.15, -0.1) is 0 Å². The molecule has 0 spiro atoms. The molecule has 2 aromatic carbocycles. The largest absolute Gasteiger partial charge is 0.386 e. The molecule has 0 aromatic heterocycles. The van der Waals surface area contributed by atoms with E-state index in [0.29, 0.717) is 5.92 Å². The first-order chi connectivity index (χ1) is 11.6. The Bertz CT molecular complexity index is 625. The number of hydrogen-bond acceptors (Lipinski definition) is 2. The average Bonchev–Trinajstić information content (AvgIpc) is 2.61. The maximum atomic E-state index is 3.46. The molecule has 0 bridgehead atoms. The van der Waals surface area contributed by atoms with Crippen LogP contribution in [-0.2, 0) is 0 Å². The topological polar surface area (TPSA) is 24.1 Å². The third kappa shape index (κ3) is 6.11. The molecule has 0 radical (unpaired) electrons.